The van der Waals surface area contributed by atoms with Gasteiger partial charge in [-0.1, -0.05) is 35.9 Å². The summed E-state index contributed by atoms with van der Waals surface area (Å²) in [4.78, 5) is 35.7. The zero-order chi connectivity index (χ0) is 21.8. The maximum Gasteiger partial charge on any atom is 0.336 e. The molecule has 0 saturated heterocycles. The van der Waals surface area contributed by atoms with Crippen molar-refractivity contribution >= 4 is 34.6 Å². The van der Waals surface area contributed by atoms with E-state index in [2.05, 4.69) is 5.32 Å². The number of carbonyl (C=O) groups excluding carboxylic acids is 2. The van der Waals surface area contributed by atoms with Crippen molar-refractivity contribution in [2.45, 2.75) is 32.9 Å². The van der Waals surface area contributed by atoms with Gasteiger partial charge in [-0.05, 0) is 42.7 Å². The molecular formula is C22H21ClN2O5. The summed E-state index contributed by atoms with van der Waals surface area (Å²) < 4.78 is 10.7. The molecule has 0 aliphatic rings. The van der Waals surface area contributed by atoms with Crippen molar-refractivity contribution in [1.29, 1.82) is 0 Å². The maximum atomic E-state index is 12.4. The van der Waals surface area contributed by atoms with Crippen molar-refractivity contribution in [2.24, 2.45) is 5.73 Å². The molecule has 156 valence electrons. The molecule has 2 aromatic carbocycles. The lowest BCUT2D eigenvalue weighted by atomic mass is 10.0. The SMILES string of the molecule is Cc1ccc2c(COC(=O)C[C@@H](NC(N)=O)c3ccc(Cl)cc3)cc(=O)oc2c1C. The molecule has 0 saturated carbocycles. The molecule has 2 amide bonds. The number of hydrogen-bond donors (Lipinski definition) is 2. The van der Waals surface area contributed by atoms with Crippen LogP contribution in [0.3, 0.4) is 0 Å². The van der Waals surface area contributed by atoms with E-state index in [1.807, 2.05) is 26.0 Å². The van der Waals surface area contributed by atoms with E-state index >= 15 is 0 Å². The Hall–Kier alpha value is -3.32. The van der Waals surface area contributed by atoms with Gasteiger partial charge in [0.15, 0.2) is 0 Å². The van der Waals surface area contributed by atoms with Crippen molar-refractivity contribution < 1.29 is 18.7 Å². The minimum absolute atomic E-state index is 0.104. The van der Waals surface area contributed by atoms with Crippen LogP contribution in [0, 0.1) is 13.8 Å². The summed E-state index contributed by atoms with van der Waals surface area (Å²) in [6.07, 6.45) is -0.137. The Balaban J connectivity index is 1.77. The third-order valence-electron chi connectivity index (χ3n) is 4.87. The van der Waals surface area contributed by atoms with Crippen LogP contribution >= 0.6 is 11.6 Å². The molecule has 1 heterocycles. The molecule has 0 radical (unpaired) electrons. The number of aryl methyl sites for hydroxylation is 2. The molecule has 3 aromatic rings. The van der Waals surface area contributed by atoms with Gasteiger partial charge in [-0.25, -0.2) is 9.59 Å². The number of benzene rings is 2. The van der Waals surface area contributed by atoms with Crippen molar-refractivity contribution in [2.75, 3.05) is 0 Å². The Bertz CT molecular complexity index is 1150. The average molecular weight is 429 g/mol. The lowest BCUT2D eigenvalue weighted by Gasteiger charge is -2.17. The third kappa shape index (κ3) is 4.99. The molecular weight excluding hydrogens is 408 g/mol. The van der Waals surface area contributed by atoms with Crippen molar-refractivity contribution in [1.82, 2.24) is 5.32 Å². The summed E-state index contributed by atoms with van der Waals surface area (Å²) >= 11 is 5.89. The van der Waals surface area contributed by atoms with E-state index in [1.54, 1.807) is 24.3 Å². The summed E-state index contributed by atoms with van der Waals surface area (Å²) in [7, 11) is 0. The fraction of sp³-hybridized carbons (Fsp3) is 0.227. The number of amides is 2. The first-order valence-electron chi connectivity index (χ1n) is 9.24. The van der Waals surface area contributed by atoms with Crippen LogP contribution in [0.15, 0.2) is 51.7 Å². The van der Waals surface area contributed by atoms with Gasteiger partial charge in [-0.15, -0.1) is 0 Å². The summed E-state index contributed by atoms with van der Waals surface area (Å²) in [5.74, 6) is -0.561. The lowest BCUT2D eigenvalue weighted by Crippen LogP contribution is -2.34. The van der Waals surface area contributed by atoms with Gasteiger partial charge in [0.05, 0.1) is 12.5 Å². The number of fused-ring (bicyclic) bond motifs is 1. The normalized spacial score (nSPS) is 11.8. The predicted molar refractivity (Wildman–Crippen MR) is 113 cm³/mol. The molecule has 0 aliphatic carbocycles. The fourth-order valence-corrected chi connectivity index (χ4v) is 3.27. The Kier molecular flexibility index (Phi) is 6.42. The summed E-state index contributed by atoms with van der Waals surface area (Å²) in [5, 5.41) is 3.76. The quantitative estimate of drug-likeness (QED) is 0.456. The van der Waals surface area contributed by atoms with E-state index in [1.165, 1.54) is 6.07 Å². The van der Waals surface area contributed by atoms with Crippen molar-refractivity contribution in [3.8, 4) is 0 Å². The van der Waals surface area contributed by atoms with Gasteiger partial charge in [0, 0.05) is 22.0 Å². The van der Waals surface area contributed by atoms with E-state index in [0.29, 0.717) is 27.1 Å². The van der Waals surface area contributed by atoms with Crippen LogP contribution in [0.25, 0.3) is 11.0 Å². The highest BCUT2D eigenvalue weighted by atomic mass is 35.5. The van der Waals surface area contributed by atoms with Crippen LogP contribution in [0.5, 0.6) is 0 Å². The molecule has 1 atom stereocenters. The summed E-state index contributed by atoms with van der Waals surface area (Å²) in [5.41, 5.74) is 8.24. The standard InChI is InChI=1S/C22H21ClN2O5/c1-12-3-8-17-15(9-20(27)30-21(17)13(12)2)11-29-19(26)10-18(25-22(24)28)14-4-6-16(23)7-5-14/h3-9,18H,10-11H2,1-2H3,(H3,24,25,28)/t18-/m1/s1. The first kappa shape index (κ1) is 21.4. The Morgan fingerprint density at radius 3 is 2.53 bits per heavy atom. The van der Waals surface area contributed by atoms with Gasteiger partial charge in [-0.3, -0.25) is 4.79 Å². The van der Waals surface area contributed by atoms with Gasteiger partial charge in [0.2, 0.25) is 0 Å². The number of nitrogens with one attached hydrogen (secondary N) is 1. The molecule has 0 spiro atoms. The number of carbonyl (C=O) groups is 2. The number of hydrogen-bond acceptors (Lipinski definition) is 5. The zero-order valence-corrected chi connectivity index (χ0v) is 17.3. The largest absolute Gasteiger partial charge is 0.461 e. The van der Waals surface area contributed by atoms with Gasteiger partial charge in [-0.2, -0.15) is 0 Å². The summed E-state index contributed by atoms with van der Waals surface area (Å²) in [6, 6.07) is 10.3. The molecule has 0 unspecified atom stereocenters. The molecule has 30 heavy (non-hydrogen) atoms. The minimum atomic E-state index is -0.764. The van der Waals surface area contributed by atoms with E-state index in [0.717, 1.165) is 11.1 Å². The third-order valence-corrected chi connectivity index (χ3v) is 5.12. The van der Waals surface area contributed by atoms with Crippen LogP contribution in [0.2, 0.25) is 5.02 Å². The molecule has 7 nitrogen and oxygen atoms in total. The number of ether oxygens (including phenoxy) is 1. The van der Waals surface area contributed by atoms with Crippen LogP contribution in [0.4, 0.5) is 4.79 Å². The van der Waals surface area contributed by atoms with E-state index in [9.17, 15) is 14.4 Å². The lowest BCUT2D eigenvalue weighted by molar-refractivity contribution is -0.145. The second-order valence-electron chi connectivity index (χ2n) is 6.95. The van der Waals surface area contributed by atoms with Crippen molar-refractivity contribution in [3.63, 3.8) is 0 Å². The van der Waals surface area contributed by atoms with E-state index in [4.69, 9.17) is 26.5 Å². The molecule has 0 bridgehead atoms. The Morgan fingerprint density at radius 1 is 1.17 bits per heavy atom. The molecule has 0 fully saturated rings. The molecule has 0 aliphatic heterocycles. The second kappa shape index (κ2) is 9.00. The monoisotopic (exact) mass is 428 g/mol. The highest BCUT2D eigenvalue weighted by molar-refractivity contribution is 6.30. The molecule has 1 aromatic heterocycles. The fourth-order valence-electron chi connectivity index (χ4n) is 3.15. The smallest absolute Gasteiger partial charge is 0.336 e. The average Bonchev–Trinajstić information content (AvgIpc) is 2.69. The second-order valence-corrected chi connectivity index (χ2v) is 7.39. The van der Waals surface area contributed by atoms with E-state index < -0.39 is 23.7 Å². The highest BCUT2D eigenvalue weighted by Crippen LogP contribution is 2.24. The van der Waals surface area contributed by atoms with Gasteiger partial charge < -0.3 is 20.2 Å². The highest BCUT2D eigenvalue weighted by Gasteiger charge is 2.19. The maximum absolute atomic E-state index is 12.4. The Morgan fingerprint density at radius 2 is 1.87 bits per heavy atom. The van der Waals surface area contributed by atoms with Crippen LogP contribution in [-0.4, -0.2) is 12.0 Å². The van der Waals surface area contributed by atoms with Gasteiger partial charge in [0.1, 0.15) is 12.2 Å². The van der Waals surface area contributed by atoms with E-state index in [-0.39, 0.29) is 13.0 Å². The molecule has 8 heteroatoms. The number of primary amides is 1. The van der Waals surface area contributed by atoms with Gasteiger partial charge >= 0.3 is 17.6 Å². The van der Waals surface area contributed by atoms with Crippen LogP contribution in [0.1, 0.15) is 34.7 Å². The topological polar surface area (TPSA) is 112 Å². The first-order chi connectivity index (χ1) is 14.2. The predicted octanol–water partition coefficient (Wildman–Crippen LogP) is 3.91. The molecule has 3 rings (SSSR count). The van der Waals surface area contributed by atoms with Crippen molar-refractivity contribution in [3.05, 3.63) is 80.2 Å². The summed E-state index contributed by atoms with van der Waals surface area (Å²) in [6.45, 7) is 3.68. The number of urea groups is 1. The van der Waals surface area contributed by atoms with Crippen LogP contribution in [-0.2, 0) is 16.1 Å². The molecule has 3 N–H and O–H groups in total. The number of rotatable bonds is 6. The van der Waals surface area contributed by atoms with Gasteiger partial charge in [0.25, 0.3) is 0 Å². The number of halogens is 1. The number of esters is 1. The minimum Gasteiger partial charge on any atom is -0.461 e. The first-order valence-corrected chi connectivity index (χ1v) is 9.62. The zero-order valence-electron chi connectivity index (χ0n) is 16.5. The number of nitrogens with two attached hydrogens (primary N) is 1. The Labute approximate surface area is 177 Å². The van der Waals surface area contributed by atoms with Crippen LogP contribution < -0.4 is 16.7 Å².